The second kappa shape index (κ2) is 9.39. The van der Waals surface area contributed by atoms with Crippen LogP contribution in [-0.2, 0) is 24.2 Å². The molecule has 0 aliphatic heterocycles. The highest BCUT2D eigenvalue weighted by atomic mass is 16.4. The van der Waals surface area contributed by atoms with Crippen LogP contribution in [0.1, 0.15) is 87.8 Å². The van der Waals surface area contributed by atoms with Crippen LogP contribution in [0.4, 0.5) is 0 Å². The number of nitrogens with zero attached hydrogens (tertiary/aromatic N) is 1. The standard InChI is InChI=1S/C22H34N2O4/c1-5-10-18-16(6-2)13-17(19(25)23-22(3,4)21(27)28)20(26)24(18)14-15-11-8-7-9-12-15/h13,15H,5-12,14H2,1-4H3,(H,23,25)(H,27,28). The van der Waals surface area contributed by atoms with Gasteiger partial charge in [-0.15, -0.1) is 0 Å². The van der Waals surface area contributed by atoms with Crippen LogP contribution < -0.4 is 10.9 Å². The fourth-order valence-corrected chi connectivity index (χ4v) is 3.99. The van der Waals surface area contributed by atoms with E-state index in [1.54, 1.807) is 10.6 Å². The number of nitrogens with one attached hydrogen (secondary N) is 1. The van der Waals surface area contributed by atoms with Gasteiger partial charge in [-0.05, 0) is 57.1 Å². The van der Waals surface area contributed by atoms with Crippen LogP contribution in [0.25, 0.3) is 0 Å². The molecule has 1 aliphatic carbocycles. The molecule has 0 atom stereocenters. The van der Waals surface area contributed by atoms with E-state index in [2.05, 4.69) is 12.2 Å². The number of pyridine rings is 1. The molecule has 1 fully saturated rings. The van der Waals surface area contributed by atoms with E-state index in [-0.39, 0.29) is 11.1 Å². The van der Waals surface area contributed by atoms with Gasteiger partial charge in [0.1, 0.15) is 11.1 Å². The van der Waals surface area contributed by atoms with Crippen LogP contribution in [0.3, 0.4) is 0 Å². The largest absolute Gasteiger partial charge is 0.480 e. The number of aryl methyl sites for hydroxylation is 1. The molecule has 0 saturated heterocycles. The lowest BCUT2D eigenvalue weighted by Crippen LogP contribution is -2.51. The van der Waals surface area contributed by atoms with Crippen LogP contribution in [0.5, 0.6) is 0 Å². The number of amides is 1. The predicted molar refractivity (Wildman–Crippen MR) is 110 cm³/mol. The van der Waals surface area contributed by atoms with Gasteiger partial charge in [-0.25, -0.2) is 4.79 Å². The molecule has 1 aromatic heterocycles. The Kier molecular flexibility index (Phi) is 7.44. The normalized spacial score (nSPS) is 15.4. The van der Waals surface area contributed by atoms with Gasteiger partial charge in [0, 0.05) is 12.2 Å². The van der Waals surface area contributed by atoms with Gasteiger partial charge in [-0.2, -0.15) is 0 Å². The molecule has 1 amide bonds. The molecule has 1 saturated carbocycles. The first-order chi connectivity index (χ1) is 13.2. The molecule has 0 unspecified atom stereocenters. The summed E-state index contributed by atoms with van der Waals surface area (Å²) >= 11 is 0. The summed E-state index contributed by atoms with van der Waals surface area (Å²) in [5.41, 5.74) is 0.323. The van der Waals surface area contributed by atoms with Gasteiger partial charge in [0.25, 0.3) is 11.5 Å². The van der Waals surface area contributed by atoms with Gasteiger partial charge in [0.2, 0.25) is 0 Å². The average Bonchev–Trinajstić information content (AvgIpc) is 2.65. The molecule has 156 valence electrons. The third kappa shape index (κ3) is 5.03. The Hall–Kier alpha value is -2.11. The van der Waals surface area contributed by atoms with Crippen LogP contribution >= 0.6 is 0 Å². The Balaban J connectivity index is 2.48. The topological polar surface area (TPSA) is 88.4 Å². The number of carbonyl (C=O) groups is 2. The van der Waals surface area contributed by atoms with Crippen molar-refractivity contribution in [2.45, 2.75) is 91.1 Å². The number of hydrogen-bond acceptors (Lipinski definition) is 3. The Morgan fingerprint density at radius 2 is 1.86 bits per heavy atom. The maximum absolute atomic E-state index is 13.3. The number of carboxylic acids is 1. The molecule has 1 heterocycles. The summed E-state index contributed by atoms with van der Waals surface area (Å²) in [4.78, 5) is 37.4. The molecule has 0 spiro atoms. The van der Waals surface area contributed by atoms with Crippen molar-refractivity contribution in [1.82, 2.24) is 9.88 Å². The second-order valence-corrected chi connectivity index (χ2v) is 8.44. The molecule has 2 rings (SSSR count). The molecular formula is C22H34N2O4. The van der Waals surface area contributed by atoms with Gasteiger partial charge >= 0.3 is 5.97 Å². The Bertz CT molecular complexity index is 773. The SMILES string of the molecule is CCCc1c(CC)cc(C(=O)NC(C)(C)C(=O)O)c(=O)n1CC1CCCCC1. The zero-order chi connectivity index (χ0) is 20.9. The molecule has 6 heteroatoms. The Morgan fingerprint density at radius 3 is 2.39 bits per heavy atom. The minimum absolute atomic E-state index is 0.0434. The van der Waals surface area contributed by atoms with Gasteiger partial charge in [-0.1, -0.05) is 39.5 Å². The quantitative estimate of drug-likeness (QED) is 0.711. The summed E-state index contributed by atoms with van der Waals surface area (Å²) in [7, 11) is 0. The first-order valence-corrected chi connectivity index (χ1v) is 10.5. The summed E-state index contributed by atoms with van der Waals surface area (Å²) in [6.07, 6.45) is 8.31. The molecule has 0 aromatic carbocycles. The summed E-state index contributed by atoms with van der Waals surface area (Å²) < 4.78 is 1.81. The van der Waals surface area contributed by atoms with Crippen molar-refractivity contribution in [2.24, 2.45) is 5.92 Å². The maximum atomic E-state index is 13.3. The van der Waals surface area contributed by atoms with Gasteiger partial charge < -0.3 is 15.0 Å². The molecule has 1 aromatic rings. The highest BCUT2D eigenvalue weighted by Crippen LogP contribution is 2.26. The van der Waals surface area contributed by atoms with E-state index in [4.69, 9.17) is 0 Å². The first kappa shape index (κ1) is 22.2. The lowest BCUT2D eigenvalue weighted by atomic mass is 9.89. The van der Waals surface area contributed by atoms with Crippen molar-refractivity contribution in [3.8, 4) is 0 Å². The number of carbonyl (C=O) groups excluding carboxylic acids is 1. The van der Waals surface area contributed by atoms with Crippen molar-refractivity contribution in [2.75, 3.05) is 0 Å². The van der Waals surface area contributed by atoms with Crippen LogP contribution in [0.15, 0.2) is 10.9 Å². The van der Waals surface area contributed by atoms with Crippen LogP contribution in [-0.4, -0.2) is 27.1 Å². The number of aromatic nitrogens is 1. The monoisotopic (exact) mass is 390 g/mol. The second-order valence-electron chi connectivity index (χ2n) is 8.44. The third-order valence-corrected chi connectivity index (χ3v) is 5.73. The van der Waals surface area contributed by atoms with Gasteiger partial charge in [0.05, 0.1) is 0 Å². The highest BCUT2D eigenvalue weighted by Gasteiger charge is 2.31. The summed E-state index contributed by atoms with van der Waals surface area (Å²) in [5, 5.41) is 11.8. The van der Waals surface area contributed by atoms with E-state index in [9.17, 15) is 19.5 Å². The molecule has 0 bridgehead atoms. The maximum Gasteiger partial charge on any atom is 0.328 e. The van der Waals surface area contributed by atoms with E-state index >= 15 is 0 Å². The van der Waals surface area contributed by atoms with E-state index in [0.717, 1.165) is 43.4 Å². The van der Waals surface area contributed by atoms with Gasteiger partial charge in [0.15, 0.2) is 0 Å². The van der Waals surface area contributed by atoms with Gasteiger partial charge in [-0.3, -0.25) is 9.59 Å². The van der Waals surface area contributed by atoms with Crippen molar-refractivity contribution in [3.63, 3.8) is 0 Å². The van der Waals surface area contributed by atoms with E-state index in [1.807, 2.05) is 6.92 Å². The molecular weight excluding hydrogens is 356 g/mol. The Labute approximate surface area is 167 Å². The van der Waals surface area contributed by atoms with E-state index < -0.39 is 17.4 Å². The highest BCUT2D eigenvalue weighted by molar-refractivity contribution is 5.97. The third-order valence-electron chi connectivity index (χ3n) is 5.73. The van der Waals surface area contributed by atoms with Crippen molar-refractivity contribution < 1.29 is 14.7 Å². The summed E-state index contributed by atoms with van der Waals surface area (Å²) in [6.45, 7) is 7.59. The fourth-order valence-electron chi connectivity index (χ4n) is 3.99. The van der Waals surface area contributed by atoms with Crippen molar-refractivity contribution >= 4 is 11.9 Å². The number of hydrogen-bond donors (Lipinski definition) is 2. The summed E-state index contributed by atoms with van der Waals surface area (Å²) in [5.74, 6) is -1.30. The van der Waals surface area contributed by atoms with Crippen molar-refractivity contribution in [3.05, 3.63) is 33.2 Å². The minimum Gasteiger partial charge on any atom is -0.480 e. The molecule has 2 N–H and O–H groups in total. The van der Waals surface area contributed by atoms with Crippen molar-refractivity contribution in [1.29, 1.82) is 0 Å². The summed E-state index contributed by atoms with van der Waals surface area (Å²) in [6, 6.07) is 1.66. The number of carboxylic acid groups (broad SMARTS) is 1. The van der Waals surface area contributed by atoms with E-state index in [1.165, 1.54) is 33.1 Å². The fraction of sp³-hybridized carbons (Fsp3) is 0.682. The van der Waals surface area contributed by atoms with Crippen LogP contribution in [0, 0.1) is 5.92 Å². The predicted octanol–water partition coefficient (Wildman–Crippen LogP) is 3.54. The first-order valence-electron chi connectivity index (χ1n) is 10.5. The molecule has 6 nitrogen and oxygen atoms in total. The lowest BCUT2D eigenvalue weighted by molar-refractivity contribution is -0.143. The zero-order valence-electron chi connectivity index (χ0n) is 17.6. The smallest absolute Gasteiger partial charge is 0.328 e. The Morgan fingerprint density at radius 1 is 1.21 bits per heavy atom. The molecule has 28 heavy (non-hydrogen) atoms. The van der Waals surface area contributed by atoms with E-state index in [0.29, 0.717) is 12.5 Å². The van der Waals surface area contributed by atoms with Crippen LogP contribution in [0.2, 0.25) is 0 Å². The number of aliphatic carboxylic acids is 1. The zero-order valence-corrected chi connectivity index (χ0v) is 17.6. The number of rotatable bonds is 8. The molecule has 0 radical (unpaired) electrons. The minimum atomic E-state index is -1.44. The average molecular weight is 391 g/mol. The lowest BCUT2D eigenvalue weighted by Gasteiger charge is -2.26. The molecule has 1 aliphatic rings.